The van der Waals surface area contributed by atoms with Crippen LogP contribution in [-0.4, -0.2) is 53.9 Å². The predicted octanol–water partition coefficient (Wildman–Crippen LogP) is 5.49. The van der Waals surface area contributed by atoms with Crippen LogP contribution in [0.2, 0.25) is 5.02 Å². The molecule has 3 aromatic rings. The highest BCUT2D eigenvalue weighted by Crippen LogP contribution is 2.35. The summed E-state index contributed by atoms with van der Waals surface area (Å²) < 4.78 is 5.93. The number of hydroxylamine groups is 1. The number of hydrogen-bond acceptors (Lipinski definition) is 7. The van der Waals surface area contributed by atoms with Gasteiger partial charge in [0.25, 0.3) is 5.91 Å². The largest absolute Gasteiger partial charge is 0.353 e. The number of amides is 1. The zero-order chi connectivity index (χ0) is 25.9. The highest BCUT2D eigenvalue weighted by atomic mass is 35.5. The number of nitrogens with zero attached hydrogens (tertiary/aromatic N) is 4. The van der Waals surface area contributed by atoms with E-state index in [0.717, 1.165) is 80.4 Å². The molecule has 1 saturated heterocycles. The van der Waals surface area contributed by atoms with E-state index in [1.165, 1.54) is 10.1 Å². The summed E-state index contributed by atoms with van der Waals surface area (Å²) >= 11 is 8.20. The van der Waals surface area contributed by atoms with E-state index >= 15 is 0 Å². The third kappa shape index (κ3) is 5.61. The molecule has 2 aromatic carbocycles. The Hall–Kier alpha value is -2.68. The van der Waals surface area contributed by atoms with Crippen LogP contribution in [0, 0.1) is 5.92 Å². The molecular weight excluding hydrogens is 508 g/mol. The molecule has 2 aliphatic heterocycles. The summed E-state index contributed by atoms with van der Waals surface area (Å²) in [5, 5.41) is 2.97. The van der Waals surface area contributed by atoms with Crippen LogP contribution in [0.1, 0.15) is 44.2 Å². The number of hydrogen-bond donors (Lipinski definition) is 0. The summed E-state index contributed by atoms with van der Waals surface area (Å²) in [5.74, 6) is 0.238. The van der Waals surface area contributed by atoms with Crippen LogP contribution in [-0.2, 0) is 27.3 Å². The molecule has 7 nitrogen and oxygen atoms in total. The molecular formula is C28H33ClN4O3S. The molecule has 0 bridgehead atoms. The van der Waals surface area contributed by atoms with Crippen LogP contribution < -0.4 is 9.96 Å². The van der Waals surface area contributed by atoms with Crippen molar-refractivity contribution in [1.82, 2.24) is 9.27 Å². The van der Waals surface area contributed by atoms with Gasteiger partial charge in [-0.3, -0.25) is 9.69 Å². The van der Waals surface area contributed by atoms with Crippen LogP contribution in [0.3, 0.4) is 0 Å². The van der Waals surface area contributed by atoms with Gasteiger partial charge in [0.1, 0.15) is 5.82 Å². The van der Waals surface area contributed by atoms with E-state index < -0.39 is 0 Å². The maximum atomic E-state index is 12.6. The van der Waals surface area contributed by atoms with E-state index in [-0.39, 0.29) is 24.2 Å². The third-order valence-electron chi connectivity index (χ3n) is 7.34. The Morgan fingerprint density at radius 3 is 2.76 bits per heavy atom. The summed E-state index contributed by atoms with van der Waals surface area (Å²) in [6.45, 7) is 8.64. The molecule has 1 fully saturated rings. The van der Waals surface area contributed by atoms with Crippen LogP contribution >= 0.6 is 23.1 Å². The maximum absolute atomic E-state index is 12.6. The molecule has 3 heterocycles. The fourth-order valence-corrected chi connectivity index (χ4v) is 6.07. The van der Waals surface area contributed by atoms with Crippen molar-refractivity contribution in [1.29, 1.82) is 0 Å². The van der Waals surface area contributed by atoms with Crippen molar-refractivity contribution in [3.63, 3.8) is 0 Å². The van der Waals surface area contributed by atoms with Crippen LogP contribution in [0.15, 0.2) is 36.4 Å². The topological polar surface area (TPSA) is 66.0 Å². The van der Waals surface area contributed by atoms with Gasteiger partial charge in [-0.2, -0.15) is 4.37 Å². The Balaban J connectivity index is 1.17. The van der Waals surface area contributed by atoms with Gasteiger partial charge in [-0.25, -0.2) is 4.79 Å². The maximum Gasteiger partial charge on any atom is 0.335 e. The Labute approximate surface area is 227 Å². The molecule has 1 atom stereocenters. The molecule has 196 valence electrons. The van der Waals surface area contributed by atoms with Crippen molar-refractivity contribution in [2.75, 3.05) is 42.7 Å². The molecule has 1 amide bonds. The van der Waals surface area contributed by atoms with E-state index in [9.17, 15) is 9.59 Å². The first-order valence-corrected chi connectivity index (χ1v) is 14.3. The summed E-state index contributed by atoms with van der Waals surface area (Å²) in [5.41, 5.74) is 2.46. The first-order chi connectivity index (χ1) is 17.9. The van der Waals surface area contributed by atoms with Crippen molar-refractivity contribution in [2.45, 2.75) is 46.0 Å². The van der Waals surface area contributed by atoms with Crippen LogP contribution in [0.5, 0.6) is 0 Å². The van der Waals surface area contributed by atoms with Crippen molar-refractivity contribution < 1.29 is 14.4 Å². The number of rotatable bonds is 9. The van der Waals surface area contributed by atoms with E-state index in [2.05, 4.69) is 41.0 Å². The summed E-state index contributed by atoms with van der Waals surface area (Å²) in [6, 6.07) is 12.2. The second-order valence-electron chi connectivity index (χ2n) is 9.97. The van der Waals surface area contributed by atoms with Crippen LogP contribution in [0.25, 0.3) is 10.1 Å². The summed E-state index contributed by atoms with van der Waals surface area (Å²) in [7, 11) is 0. The Kier molecular flexibility index (Phi) is 7.98. The standard InChI is InChI=1S/C28H33ClN4O3S/c1-3-4-7-19(2)28(35)36-33-24-18-23(29)20(16-21(24)17-26(33)34)10-11-31-12-14-32(15-13-31)27-22-8-5-6-9-25(22)37-30-27/h5-6,8-9,16,18-19H,3-4,7,10-15,17H2,1-2H3. The van der Waals surface area contributed by atoms with Crippen molar-refractivity contribution >= 4 is 56.6 Å². The molecule has 5 rings (SSSR count). The molecule has 9 heteroatoms. The molecule has 0 aliphatic carbocycles. The molecule has 2 aliphatic rings. The van der Waals surface area contributed by atoms with E-state index in [0.29, 0.717) is 10.7 Å². The zero-order valence-corrected chi connectivity index (χ0v) is 23.0. The van der Waals surface area contributed by atoms with Crippen LogP contribution in [0.4, 0.5) is 11.5 Å². The van der Waals surface area contributed by atoms with Gasteiger partial charge in [0.15, 0.2) is 0 Å². The number of carbonyl (C=O) groups is 2. The third-order valence-corrected chi connectivity index (χ3v) is 8.51. The molecule has 0 saturated carbocycles. The number of carbonyl (C=O) groups excluding carboxylic acids is 2. The van der Waals surface area contributed by atoms with Gasteiger partial charge >= 0.3 is 5.97 Å². The number of unbranched alkanes of at least 4 members (excludes halogenated alkanes) is 1. The fraction of sp³-hybridized carbons (Fsp3) is 0.464. The molecule has 1 unspecified atom stereocenters. The molecule has 0 spiro atoms. The summed E-state index contributed by atoms with van der Waals surface area (Å²) in [6.07, 6.45) is 3.73. The van der Waals surface area contributed by atoms with E-state index in [1.807, 2.05) is 13.0 Å². The molecule has 0 N–H and O–H groups in total. The minimum Gasteiger partial charge on any atom is -0.353 e. The van der Waals surface area contributed by atoms with Gasteiger partial charge in [-0.15, -0.1) is 5.06 Å². The van der Waals surface area contributed by atoms with Crippen molar-refractivity contribution in [3.05, 3.63) is 52.5 Å². The average molecular weight is 541 g/mol. The highest BCUT2D eigenvalue weighted by molar-refractivity contribution is 7.13. The second kappa shape index (κ2) is 11.4. The number of halogens is 1. The SMILES string of the molecule is CCCCC(C)C(=O)ON1C(=O)Cc2cc(CCN3CCN(c4nsc5ccccc45)CC3)c(Cl)cc21. The Morgan fingerprint density at radius 2 is 1.97 bits per heavy atom. The van der Waals surface area contributed by atoms with Gasteiger partial charge in [-0.05, 0) is 53.7 Å². The first-order valence-electron chi connectivity index (χ1n) is 13.1. The van der Waals surface area contributed by atoms with Gasteiger partial charge in [0.05, 0.1) is 22.7 Å². The van der Waals surface area contributed by atoms with Gasteiger partial charge in [0.2, 0.25) is 0 Å². The highest BCUT2D eigenvalue weighted by Gasteiger charge is 2.33. The smallest absolute Gasteiger partial charge is 0.335 e. The lowest BCUT2D eigenvalue weighted by Crippen LogP contribution is -2.47. The number of anilines is 2. The number of piperazine rings is 1. The average Bonchev–Trinajstić information content (AvgIpc) is 3.47. The Bertz CT molecular complexity index is 1290. The second-order valence-corrected chi connectivity index (χ2v) is 11.2. The van der Waals surface area contributed by atoms with Crippen molar-refractivity contribution in [2.24, 2.45) is 5.92 Å². The molecule has 0 radical (unpaired) electrons. The quantitative estimate of drug-likeness (QED) is 0.357. The normalized spacial score (nSPS) is 16.9. The lowest BCUT2D eigenvalue weighted by Gasteiger charge is -2.35. The molecule has 1 aromatic heterocycles. The van der Waals surface area contributed by atoms with E-state index in [1.54, 1.807) is 17.6 Å². The summed E-state index contributed by atoms with van der Waals surface area (Å²) in [4.78, 5) is 35.4. The van der Waals surface area contributed by atoms with Gasteiger partial charge in [-0.1, -0.05) is 56.5 Å². The lowest BCUT2D eigenvalue weighted by molar-refractivity contribution is -0.153. The Morgan fingerprint density at radius 1 is 1.19 bits per heavy atom. The van der Waals surface area contributed by atoms with Crippen molar-refractivity contribution in [3.8, 4) is 0 Å². The lowest BCUT2D eigenvalue weighted by atomic mass is 10.1. The minimum atomic E-state index is -0.375. The first kappa shape index (κ1) is 25.9. The fourth-order valence-electron chi connectivity index (χ4n) is 5.02. The van der Waals surface area contributed by atoms with E-state index in [4.69, 9.17) is 20.8 Å². The monoisotopic (exact) mass is 540 g/mol. The zero-order valence-electron chi connectivity index (χ0n) is 21.4. The van der Waals surface area contributed by atoms with Gasteiger partial charge < -0.3 is 9.74 Å². The number of fused-ring (bicyclic) bond motifs is 2. The number of benzene rings is 2. The van der Waals surface area contributed by atoms with Gasteiger partial charge in [0, 0.05) is 43.1 Å². The predicted molar refractivity (Wildman–Crippen MR) is 149 cm³/mol. The minimum absolute atomic E-state index is 0.219. The molecule has 37 heavy (non-hydrogen) atoms. The number of aromatic nitrogens is 1.